The summed E-state index contributed by atoms with van der Waals surface area (Å²) in [4.78, 5) is 50.4. The number of aromatic amines is 1. The van der Waals surface area contributed by atoms with Gasteiger partial charge in [0.25, 0.3) is 11.7 Å². The molecule has 0 aliphatic carbocycles. The van der Waals surface area contributed by atoms with Crippen LogP contribution in [0.25, 0.3) is 16.7 Å². The van der Waals surface area contributed by atoms with Gasteiger partial charge >= 0.3 is 0 Å². The first-order valence-corrected chi connectivity index (χ1v) is 8.57. The van der Waals surface area contributed by atoms with Crippen molar-refractivity contribution in [1.29, 1.82) is 0 Å². The number of aromatic nitrogens is 5. The molecule has 0 bridgehead atoms. The van der Waals surface area contributed by atoms with Crippen LogP contribution < -0.4 is 0 Å². The molecule has 0 unspecified atom stereocenters. The number of hydrogen-bond donors (Lipinski definition) is 1. The number of halogens is 1. The van der Waals surface area contributed by atoms with Crippen molar-refractivity contribution >= 4 is 28.5 Å². The summed E-state index contributed by atoms with van der Waals surface area (Å²) in [6, 6.07) is 0. The van der Waals surface area contributed by atoms with Crippen molar-refractivity contribution in [1.82, 2.24) is 34.5 Å². The number of Topliss-reactive ketones (excluding diaryl/α,β-unsaturated/α-hetero) is 1. The minimum atomic E-state index is -0.822. The van der Waals surface area contributed by atoms with Crippen molar-refractivity contribution in [3.63, 3.8) is 0 Å². The van der Waals surface area contributed by atoms with Gasteiger partial charge in [-0.05, 0) is 0 Å². The molecule has 1 N–H and O–H groups in total. The number of carbonyl (C=O) groups is 3. The Morgan fingerprint density at radius 2 is 1.86 bits per heavy atom. The van der Waals surface area contributed by atoms with Crippen molar-refractivity contribution in [2.75, 3.05) is 26.2 Å². The number of pyridine rings is 1. The SMILES string of the molecule is CC(=O)N1CCN(C(=O)C(=O)c2c[nH]c3c(-n4cncn4)ncc(F)c23)CC1. The number of H-pyrrole nitrogens is 1. The first-order chi connectivity index (χ1) is 13.5. The van der Waals surface area contributed by atoms with Crippen LogP contribution in [-0.4, -0.2) is 78.3 Å². The summed E-state index contributed by atoms with van der Waals surface area (Å²) in [7, 11) is 0. The average Bonchev–Trinajstić information content (AvgIpc) is 3.38. The maximum Gasteiger partial charge on any atom is 0.295 e. The number of carbonyl (C=O) groups excluding carboxylic acids is 3. The van der Waals surface area contributed by atoms with E-state index in [2.05, 4.69) is 20.1 Å². The summed E-state index contributed by atoms with van der Waals surface area (Å²) >= 11 is 0. The molecule has 4 rings (SSSR count). The van der Waals surface area contributed by atoms with Crippen LogP contribution in [0, 0.1) is 5.82 Å². The second-order valence-electron chi connectivity index (χ2n) is 6.35. The molecule has 2 amide bonds. The van der Waals surface area contributed by atoms with Crippen LogP contribution in [0.2, 0.25) is 0 Å². The van der Waals surface area contributed by atoms with Crippen LogP contribution in [0.5, 0.6) is 0 Å². The molecule has 0 radical (unpaired) electrons. The van der Waals surface area contributed by atoms with Gasteiger partial charge in [-0.15, -0.1) is 0 Å². The van der Waals surface area contributed by atoms with Gasteiger partial charge in [0, 0.05) is 39.3 Å². The lowest BCUT2D eigenvalue weighted by atomic mass is 10.1. The molecular formula is C17H16FN7O3. The molecule has 1 fully saturated rings. The van der Waals surface area contributed by atoms with Gasteiger partial charge in [0.15, 0.2) is 11.6 Å². The van der Waals surface area contributed by atoms with E-state index in [9.17, 15) is 18.8 Å². The van der Waals surface area contributed by atoms with Gasteiger partial charge in [-0.3, -0.25) is 14.4 Å². The summed E-state index contributed by atoms with van der Waals surface area (Å²) in [6.45, 7) is 2.67. The number of rotatable bonds is 3. The molecule has 144 valence electrons. The van der Waals surface area contributed by atoms with E-state index in [0.29, 0.717) is 13.1 Å². The Morgan fingerprint density at radius 3 is 2.50 bits per heavy atom. The third-order valence-corrected chi connectivity index (χ3v) is 4.73. The number of fused-ring (bicyclic) bond motifs is 1. The summed E-state index contributed by atoms with van der Waals surface area (Å²) in [5.74, 6) is -2.10. The smallest absolute Gasteiger partial charge is 0.295 e. The quantitative estimate of drug-likeness (QED) is 0.507. The van der Waals surface area contributed by atoms with E-state index in [-0.39, 0.29) is 41.3 Å². The topological polar surface area (TPSA) is 117 Å². The predicted octanol–water partition coefficient (Wildman–Crippen LogP) is 0.156. The van der Waals surface area contributed by atoms with Gasteiger partial charge in [-0.25, -0.2) is 19.0 Å². The van der Waals surface area contributed by atoms with Crippen molar-refractivity contribution < 1.29 is 18.8 Å². The van der Waals surface area contributed by atoms with Crippen LogP contribution in [0.15, 0.2) is 25.0 Å². The first kappa shape index (κ1) is 17.8. The van der Waals surface area contributed by atoms with Gasteiger partial charge < -0.3 is 14.8 Å². The fraction of sp³-hybridized carbons (Fsp3) is 0.294. The largest absolute Gasteiger partial charge is 0.357 e. The molecule has 0 saturated carbocycles. The molecule has 28 heavy (non-hydrogen) atoms. The zero-order valence-electron chi connectivity index (χ0n) is 14.9. The molecule has 10 nitrogen and oxygen atoms in total. The van der Waals surface area contributed by atoms with E-state index in [1.54, 1.807) is 4.90 Å². The molecule has 0 atom stereocenters. The zero-order chi connectivity index (χ0) is 19.8. The summed E-state index contributed by atoms with van der Waals surface area (Å²) in [5.41, 5.74) is 0.165. The number of amides is 2. The van der Waals surface area contributed by atoms with E-state index >= 15 is 0 Å². The first-order valence-electron chi connectivity index (χ1n) is 8.57. The third-order valence-electron chi connectivity index (χ3n) is 4.73. The molecule has 3 aromatic heterocycles. The second kappa shape index (κ2) is 6.83. The van der Waals surface area contributed by atoms with Gasteiger partial charge in [0.2, 0.25) is 5.91 Å². The Hall–Kier alpha value is -3.63. The van der Waals surface area contributed by atoms with Crippen molar-refractivity contribution in [2.45, 2.75) is 6.92 Å². The lowest BCUT2D eigenvalue weighted by molar-refractivity contribution is -0.135. The molecule has 1 aliphatic heterocycles. The van der Waals surface area contributed by atoms with Crippen LogP contribution >= 0.6 is 0 Å². The molecule has 1 saturated heterocycles. The Morgan fingerprint density at radius 1 is 1.14 bits per heavy atom. The monoisotopic (exact) mass is 385 g/mol. The number of piperazine rings is 1. The highest BCUT2D eigenvalue weighted by molar-refractivity contribution is 6.45. The normalized spacial score (nSPS) is 14.5. The van der Waals surface area contributed by atoms with E-state index in [1.165, 1.54) is 35.4 Å². The summed E-state index contributed by atoms with van der Waals surface area (Å²) in [6.07, 6.45) is 4.96. The Labute approximate surface area is 158 Å². The van der Waals surface area contributed by atoms with E-state index in [1.807, 2.05) is 0 Å². The van der Waals surface area contributed by atoms with Crippen molar-refractivity contribution in [2.24, 2.45) is 0 Å². The number of hydrogen-bond acceptors (Lipinski definition) is 6. The number of nitrogens with one attached hydrogen (secondary N) is 1. The summed E-state index contributed by atoms with van der Waals surface area (Å²) < 4.78 is 15.8. The van der Waals surface area contributed by atoms with E-state index < -0.39 is 17.5 Å². The highest BCUT2D eigenvalue weighted by Gasteiger charge is 2.30. The van der Waals surface area contributed by atoms with Crippen LogP contribution in [0.1, 0.15) is 17.3 Å². The third kappa shape index (κ3) is 2.90. The minimum Gasteiger partial charge on any atom is -0.357 e. The van der Waals surface area contributed by atoms with Gasteiger partial charge in [-0.1, -0.05) is 0 Å². The fourth-order valence-electron chi connectivity index (χ4n) is 3.25. The predicted molar refractivity (Wildman–Crippen MR) is 94.1 cm³/mol. The highest BCUT2D eigenvalue weighted by Crippen LogP contribution is 2.26. The molecule has 0 spiro atoms. The van der Waals surface area contributed by atoms with E-state index in [4.69, 9.17) is 0 Å². The van der Waals surface area contributed by atoms with Crippen molar-refractivity contribution in [3.05, 3.63) is 36.4 Å². The van der Waals surface area contributed by atoms with Crippen LogP contribution in [-0.2, 0) is 9.59 Å². The standard InChI is InChI=1S/C17H16FN7O3/c1-10(26)23-2-4-24(5-3-23)17(28)15(27)11-6-20-14-13(11)12(18)7-21-16(14)25-9-19-8-22-25/h6-9,20H,2-5H2,1H3. The fourth-order valence-corrected chi connectivity index (χ4v) is 3.25. The van der Waals surface area contributed by atoms with E-state index in [0.717, 1.165) is 6.20 Å². The molecule has 1 aliphatic rings. The van der Waals surface area contributed by atoms with Crippen molar-refractivity contribution in [3.8, 4) is 5.82 Å². The van der Waals surface area contributed by atoms with Crippen LogP contribution in [0.3, 0.4) is 0 Å². The Kier molecular flexibility index (Phi) is 4.34. The lowest BCUT2D eigenvalue weighted by Gasteiger charge is -2.33. The molecule has 0 aromatic carbocycles. The minimum absolute atomic E-state index is 0.0266. The highest BCUT2D eigenvalue weighted by atomic mass is 19.1. The molecule has 3 aromatic rings. The number of nitrogens with zero attached hydrogens (tertiary/aromatic N) is 6. The Bertz CT molecular complexity index is 1070. The molecule has 11 heteroatoms. The molecule has 4 heterocycles. The number of ketones is 1. The second-order valence-corrected chi connectivity index (χ2v) is 6.35. The Balaban J connectivity index is 1.64. The summed E-state index contributed by atoms with van der Waals surface area (Å²) in [5, 5.41) is 3.93. The maximum absolute atomic E-state index is 14.5. The zero-order valence-corrected chi connectivity index (χ0v) is 14.9. The maximum atomic E-state index is 14.5. The van der Waals surface area contributed by atoms with Gasteiger partial charge in [0.05, 0.1) is 22.7 Å². The lowest BCUT2D eigenvalue weighted by Crippen LogP contribution is -2.51. The van der Waals surface area contributed by atoms with Gasteiger partial charge in [-0.2, -0.15) is 5.10 Å². The van der Waals surface area contributed by atoms with Crippen LogP contribution in [0.4, 0.5) is 4.39 Å². The average molecular weight is 385 g/mol. The molecular weight excluding hydrogens is 369 g/mol. The van der Waals surface area contributed by atoms with Gasteiger partial charge in [0.1, 0.15) is 12.7 Å².